The maximum Gasteiger partial charge on any atom is 0.191 e. The largest absolute Gasteiger partial charge is 0.353 e. The smallest absolute Gasteiger partial charge is 0.191 e. The fourth-order valence-electron chi connectivity index (χ4n) is 2.94. The fraction of sp³-hybridized carbons (Fsp3) is 0.389. The number of anilines is 1. The molecule has 1 unspecified atom stereocenters. The van der Waals surface area contributed by atoms with Crippen molar-refractivity contribution in [2.45, 2.75) is 25.9 Å². The third kappa shape index (κ3) is 5.44. The Morgan fingerprint density at radius 2 is 2.19 bits per heavy atom. The predicted octanol–water partition coefficient (Wildman–Crippen LogP) is 3.00. The van der Waals surface area contributed by atoms with Crippen LogP contribution in [0.1, 0.15) is 17.8 Å². The Labute approximate surface area is 176 Å². The third-order valence-corrected chi connectivity index (χ3v) is 4.47. The molecular weight excluding hydrogens is 463 g/mol. The summed E-state index contributed by atoms with van der Waals surface area (Å²) in [6.07, 6.45) is 2.79. The van der Waals surface area contributed by atoms with E-state index in [1.54, 1.807) is 13.2 Å². The molecule has 140 valence electrons. The van der Waals surface area contributed by atoms with E-state index in [-0.39, 0.29) is 24.0 Å². The number of hydrogen-bond donors (Lipinski definition) is 2. The van der Waals surface area contributed by atoms with Crippen molar-refractivity contribution in [1.82, 2.24) is 20.6 Å². The lowest BCUT2D eigenvalue weighted by atomic mass is 10.3. The van der Waals surface area contributed by atoms with Crippen molar-refractivity contribution in [3.8, 4) is 0 Å². The van der Waals surface area contributed by atoms with Gasteiger partial charge in [0.2, 0.25) is 0 Å². The van der Waals surface area contributed by atoms with Crippen LogP contribution in [0.5, 0.6) is 0 Å². The predicted molar refractivity (Wildman–Crippen MR) is 118 cm³/mol. The number of halogens is 2. The van der Waals surface area contributed by atoms with E-state index in [1.165, 1.54) is 0 Å². The van der Waals surface area contributed by atoms with Crippen LogP contribution in [0.3, 0.4) is 0 Å². The van der Waals surface area contributed by atoms with Gasteiger partial charge in [0.05, 0.1) is 17.3 Å². The molecule has 1 aliphatic heterocycles. The zero-order chi connectivity index (χ0) is 17.6. The summed E-state index contributed by atoms with van der Waals surface area (Å²) in [5, 5.41) is 7.48. The van der Waals surface area contributed by atoms with Gasteiger partial charge >= 0.3 is 0 Å². The standard InChI is InChI=1S/C18H23ClN6.HI/c1-13-5-3-6-14(23-13)11-22-18(20-2)24-15-8-10-25(12-15)17-16(19)7-4-9-21-17;/h3-7,9,15H,8,10-12H2,1-2H3,(H2,20,22,24);1H. The van der Waals surface area contributed by atoms with E-state index < -0.39 is 0 Å². The van der Waals surface area contributed by atoms with Crippen LogP contribution in [0.2, 0.25) is 5.02 Å². The molecule has 2 aromatic heterocycles. The van der Waals surface area contributed by atoms with Gasteiger partial charge in [-0.1, -0.05) is 17.7 Å². The number of rotatable bonds is 4. The molecule has 0 radical (unpaired) electrons. The number of guanidine groups is 1. The van der Waals surface area contributed by atoms with Gasteiger partial charge in [0.25, 0.3) is 0 Å². The van der Waals surface area contributed by atoms with E-state index in [4.69, 9.17) is 11.6 Å². The molecule has 0 amide bonds. The van der Waals surface area contributed by atoms with E-state index in [0.717, 1.165) is 42.7 Å². The highest BCUT2D eigenvalue weighted by Gasteiger charge is 2.25. The van der Waals surface area contributed by atoms with Crippen LogP contribution in [0.25, 0.3) is 0 Å². The van der Waals surface area contributed by atoms with Crippen LogP contribution in [0.4, 0.5) is 5.82 Å². The summed E-state index contributed by atoms with van der Waals surface area (Å²) in [6.45, 7) is 4.40. The quantitative estimate of drug-likeness (QED) is 0.395. The van der Waals surface area contributed by atoms with Crippen LogP contribution in [-0.4, -0.2) is 42.1 Å². The summed E-state index contributed by atoms with van der Waals surface area (Å²) in [7, 11) is 1.78. The molecular formula is C18H24ClIN6. The van der Waals surface area contributed by atoms with Gasteiger partial charge in [-0.2, -0.15) is 0 Å². The third-order valence-electron chi connectivity index (χ3n) is 4.17. The van der Waals surface area contributed by atoms with Gasteiger partial charge in [-0.15, -0.1) is 24.0 Å². The molecule has 26 heavy (non-hydrogen) atoms. The van der Waals surface area contributed by atoms with Gasteiger partial charge in [0, 0.05) is 38.1 Å². The minimum Gasteiger partial charge on any atom is -0.353 e. The van der Waals surface area contributed by atoms with Crippen LogP contribution in [0.15, 0.2) is 41.5 Å². The molecule has 8 heteroatoms. The molecule has 2 aromatic rings. The minimum absolute atomic E-state index is 0. The van der Waals surface area contributed by atoms with Gasteiger partial charge in [0.1, 0.15) is 5.82 Å². The van der Waals surface area contributed by atoms with Gasteiger partial charge in [-0.3, -0.25) is 9.98 Å². The monoisotopic (exact) mass is 486 g/mol. The number of aromatic nitrogens is 2. The van der Waals surface area contributed by atoms with Crippen molar-refractivity contribution in [3.63, 3.8) is 0 Å². The number of aliphatic imine (C=N–C) groups is 1. The molecule has 0 aromatic carbocycles. The second-order valence-corrected chi connectivity index (χ2v) is 6.49. The summed E-state index contributed by atoms with van der Waals surface area (Å²) in [5.74, 6) is 1.63. The Hall–Kier alpha value is -1.61. The van der Waals surface area contributed by atoms with Crippen LogP contribution < -0.4 is 15.5 Å². The van der Waals surface area contributed by atoms with E-state index in [1.807, 2.05) is 37.3 Å². The molecule has 6 nitrogen and oxygen atoms in total. The molecule has 0 bridgehead atoms. The molecule has 1 saturated heterocycles. The van der Waals surface area contributed by atoms with Crippen molar-refractivity contribution in [3.05, 3.63) is 52.9 Å². The SMILES string of the molecule is CN=C(NCc1cccc(C)n1)NC1CCN(c2ncccc2Cl)C1.I. The molecule has 2 N–H and O–H groups in total. The first-order valence-corrected chi connectivity index (χ1v) is 8.78. The lowest BCUT2D eigenvalue weighted by molar-refractivity contribution is 0.646. The number of aryl methyl sites for hydroxylation is 1. The first-order chi connectivity index (χ1) is 12.2. The number of pyridine rings is 2. The van der Waals surface area contributed by atoms with Crippen molar-refractivity contribution in [2.24, 2.45) is 4.99 Å². The summed E-state index contributed by atoms with van der Waals surface area (Å²) in [6, 6.07) is 10.0. The second kappa shape index (κ2) is 9.91. The number of nitrogens with zero attached hydrogens (tertiary/aromatic N) is 4. The topological polar surface area (TPSA) is 65.4 Å². The molecule has 3 rings (SSSR count). The Bertz CT molecular complexity index is 754. The normalized spacial score (nSPS) is 17.0. The summed E-state index contributed by atoms with van der Waals surface area (Å²) in [5.41, 5.74) is 2.01. The van der Waals surface area contributed by atoms with E-state index in [0.29, 0.717) is 17.6 Å². The van der Waals surface area contributed by atoms with Gasteiger partial charge in [-0.05, 0) is 37.6 Å². The summed E-state index contributed by atoms with van der Waals surface area (Å²) >= 11 is 6.25. The molecule has 0 saturated carbocycles. The Kier molecular flexibility index (Phi) is 7.89. The van der Waals surface area contributed by atoms with Crippen LogP contribution >= 0.6 is 35.6 Å². The number of hydrogen-bond acceptors (Lipinski definition) is 4. The maximum absolute atomic E-state index is 6.25. The van der Waals surface area contributed by atoms with Crippen LogP contribution in [0, 0.1) is 6.92 Å². The highest BCUT2D eigenvalue weighted by Crippen LogP contribution is 2.25. The minimum atomic E-state index is 0. The molecule has 0 aliphatic carbocycles. The molecule has 1 fully saturated rings. The summed E-state index contributed by atoms with van der Waals surface area (Å²) in [4.78, 5) is 15.4. The molecule has 1 aliphatic rings. The average molecular weight is 487 g/mol. The van der Waals surface area contributed by atoms with Crippen molar-refractivity contribution < 1.29 is 0 Å². The average Bonchev–Trinajstić information content (AvgIpc) is 3.07. The van der Waals surface area contributed by atoms with E-state index >= 15 is 0 Å². The Morgan fingerprint density at radius 1 is 1.35 bits per heavy atom. The lowest BCUT2D eigenvalue weighted by Crippen LogP contribution is -2.44. The second-order valence-electron chi connectivity index (χ2n) is 6.08. The Morgan fingerprint density at radius 3 is 2.92 bits per heavy atom. The molecule has 1 atom stereocenters. The van der Waals surface area contributed by atoms with Gasteiger partial charge < -0.3 is 15.5 Å². The molecule has 0 spiro atoms. The first-order valence-electron chi connectivity index (χ1n) is 8.41. The van der Waals surface area contributed by atoms with E-state index in [2.05, 4.69) is 30.5 Å². The van der Waals surface area contributed by atoms with Crippen LogP contribution in [-0.2, 0) is 6.54 Å². The maximum atomic E-state index is 6.25. The summed E-state index contributed by atoms with van der Waals surface area (Å²) < 4.78 is 0. The van der Waals surface area contributed by atoms with Crippen molar-refractivity contribution in [1.29, 1.82) is 0 Å². The van der Waals surface area contributed by atoms with Gasteiger partial charge in [0.15, 0.2) is 5.96 Å². The van der Waals surface area contributed by atoms with E-state index in [9.17, 15) is 0 Å². The van der Waals surface area contributed by atoms with Crippen molar-refractivity contribution >= 4 is 47.4 Å². The zero-order valence-electron chi connectivity index (χ0n) is 14.9. The zero-order valence-corrected chi connectivity index (χ0v) is 18.0. The highest BCUT2D eigenvalue weighted by atomic mass is 127. The molecule has 3 heterocycles. The fourth-order valence-corrected chi connectivity index (χ4v) is 3.18. The lowest BCUT2D eigenvalue weighted by Gasteiger charge is -2.20. The van der Waals surface area contributed by atoms with Gasteiger partial charge in [-0.25, -0.2) is 4.98 Å². The van der Waals surface area contributed by atoms with Crippen molar-refractivity contribution in [2.75, 3.05) is 25.0 Å². The number of nitrogens with one attached hydrogen (secondary N) is 2. The first kappa shape index (κ1) is 20.7. The highest BCUT2D eigenvalue weighted by molar-refractivity contribution is 14.0. The Balaban J connectivity index is 0.00000243.